The number of aryl methyl sites for hydroxylation is 1. The summed E-state index contributed by atoms with van der Waals surface area (Å²) in [5, 5.41) is 2.57. The van der Waals surface area contributed by atoms with Crippen LogP contribution >= 0.6 is 0 Å². The Labute approximate surface area is 123 Å². The number of alkyl halides is 3. The van der Waals surface area contributed by atoms with Crippen molar-refractivity contribution in [2.24, 2.45) is 0 Å². The number of hydrogen-bond donors (Lipinski definition) is 1. The van der Waals surface area contributed by atoms with Crippen LogP contribution in [-0.2, 0) is 4.79 Å². The molecule has 0 bridgehead atoms. The van der Waals surface area contributed by atoms with E-state index < -0.39 is 24.9 Å². The monoisotopic (exact) mass is 302 g/mol. The van der Waals surface area contributed by atoms with Crippen LogP contribution in [-0.4, -0.2) is 37.6 Å². The molecular formula is C15H21F3N2O. The number of nitrogens with zero attached hydrogens (tertiary/aromatic N) is 1. The summed E-state index contributed by atoms with van der Waals surface area (Å²) in [5.41, 5.74) is 2.12. The second-order valence-electron chi connectivity index (χ2n) is 5.31. The Bertz CT molecular complexity index is 472. The molecule has 1 aromatic carbocycles. The van der Waals surface area contributed by atoms with Crippen LogP contribution in [0.2, 0.25) is 0 Å². The Morgan fingerprint density at radius 1 is 1.33 bits per heavy atom. The fourth-order valence-corrected chi connectivity index (χ4v) is 2.03. The molecule has 1 N–H and O–H groups in total. The Morgan fingerprint density at radius 2 is 2.00 bits per heavy atom. The van der Waals surface area contributed by atoms with Gasteiger partial charge in [0, 0.05) is 13.0 Å². The van der Waals surface area contributed by atoms with Gasteiger partial charge in [-0.1, -0.05) is 29.8 Å². The quantitative estimate of drug-likeness (QED) is 0.876. The van der Waals surface area contributed by atoms with Crippen LogP contribution in [0.25, 0.3) is 0 Å². The molecule has 0 fully saturated rings. The molecule has 0 aliphatic rings. The third-order valence-corrected chi connectivity index (χ3v) is 3.18. The summed E-state index contributed by atoms with van der Waals surface area (Å²) >= 11 is 0. The maximum Gasteiger partial charge on any atom is 0.389 e. The fourth-order valence-electron chi connectivity index (χ4n) is 2.03. The molecule has 1 aromatic rings. The molecule has 0 radical (unpaired) electrons. The third-order valence-electron chi connectivity index (χ3n) is 3.18. The summed E-state index contributed by atoms with van der Waals surface area (Å²) in [6, 6.07) is 7.77. The Hall–Kier alpha value is -1.56. The van der Waals surface area contributed by atoms with Crippen LogP contribution < -0.4 is 5.32 Å². The van der Waals surface area contributed by atoms with Gasteiger partial charge in [0.25, 0.3) is 0 Å². The minimum Gasteiger partial charge on any atom is -0.354 e. The van der Waals surface area contributed by atoms with Crippen LogP contribution in [0.4, 0.5) is 13.2 Å². The van der Waals surface area contributed by atoms with Crippen molar-refractivity contribution in [2.45, 2.75) is 32.0 Å². The minimum atomic E-state index is -4.30. The predicted molar refractivity (Wildman–Crippen MR) is 75.9 cm³/mol. The van der Waals surface area contributed by atoms with Gasteiger partial charge in [-0.15, -0.1) is 0 Å². The van der Waals surface area contributed by atoms with E-state index >= 15 is 0 Å². The van der Waals surface area contributed by atoms with Crippen LogP contribution in [0.15, 0.2) is 24.3 Å². The fraction of sp³-hybridized carbons (Fsp3) is 0.533. The van der Waals surface area contributed by atoms with Crippen LogP contribution in [0.5, 0.6) is 0 Å². The molecule has 21 heavy (non-hydrogen) atoms. The molecule has 0 saturated heterocycles. The Balaban J connectivity index is 2.58. The smallest absolute Gasteiger partial charge is 0.354 e. The lowest BCUT2D eigenvalue weighted by Gasteiger charge is -2.25. The van der Waals surface area contributed by atoms with Gasteiger partial charge in [0.2, 0.25) is 5.91 Å². The number of halogens is 3. The Kier molecular flexibility index (Phi) is 6.20. The van der Waals surface area contributed by atoms with E-state index in [4.69, 9.17) is 0 Å². The lowest BCUT2D eigenvalue weighted by atomic mass is 10.0. The van der Waals surface area contributed by atoms with Crippen molar-refractivity contribution < 1.29 is 18.0 Å². The van der Waals surface area contributed by atoms with Crippen LogP contribution in [0.3, 0.4) is 0 Å². The highest BCUT2D eigenvalue weighted by Gasteiger charge is 2.28. The van der Waals surface area contributed by atoms with Gasteiger partial charge in [0.1, 0.15) is 0 Å². The van der Waals surface area contributed by atoms with Crippen molar-refractivity contribution in [1.82, 2.24) is 10.2 Å². The second kappa shape index (κ2) is 7.45. The van der Waals surface area contributed by atoms with Crippen molar-refractivity contribution in [3.05, 3.63) is 35.4 Å². The van der Waals surface area contributed by atoms with E-state index in [2.05, 4.69) is 5.32 Å². The van der Waals surface area contributed by atoms with Gasteiger partial charge in [-0.25, -0.2) is 0 Å². The number of likely N-dealkylation sites (N-methyl/N-ethyl adjacent to an activating group) is 1. The van der Waals surface area contributed by atoms with E-state index in [1.54, 1.807) is 0 Å². The molecule has 1 rings (SSSR count). The van der Waals surface area contributed by atoms with E-state index in [9.17, 15) is 18.0 Å². The van der Waals surface area contributed by atoms with Crippen molar-refractivity contribution in [2.75, 3.05) is 20.6 Å². The maximum absolute atomic E-state index is 12.1. The first-order chi connectivity index (χ1) is 9.69. The number of amides is 1. The number of rotatable bonds is 6. The van der Waals surface area contributed by atoms with Gasteiger partial charge in [-0.3, -0.25) is 4.79 Å². The molecule has 1 unspecified atom stereocenters. The van der Waals surface area contributed by atoms with E-state index in [1.165, 1.54) is 0 Å². The lowest BCUT2D eigenvalue weighted by molar-refractivity contribution is -0.144. The number of hydrogen-bond acceptors (Lipinski definition) is 2. The zero-order valence-electron chi connectivity index (χ0n) is 12.5. The lowest BCUT2D eigenvalue weighted by Crippen LogP contribution is -2.35. The SMILES string of the molecule is Cc1cccc(C(CNC(=O)CCC(F)(F)F)N(C)C)c1. The first-order valence-corrected chi connectivity index (χ1v) is 6.75. The first-order valence-electron chi connectivity index (χ1n) is 6.75. The highest BCUT2D eigenvalue weighted by Crippen LogP contribution is 2.21. The van der Waals surface area contributed by atoms with Gasteiger partial charge in [0.05, 0.1) is 12.5 Å². The zero-order chi connectivity index (χ0) is 16.0. The molecule has 6 heteroatoms. The highest BCUT2D eigenvalue weighted by atomic mass is 19.4. The van der Waals surface area contributed by atoms with E-state index in [0.717, 1.165) is 11.1 Å². The first kappa shape index (κ1) is 17.5. The molecular weight excluding hydrogens is 281 g/mol. The molecule has 1 amide bonds. The number of nitrogens with one attached hydrogen (secondary N) is 1. The largest absolute Gasteiger partial charge is 0.389 e. The van der Waals surface area contributed by atoms with Crippen molar-refractivity contribution in [3.63, 3.8) is 0 Å². The number of benzene rings is 1. The van der Waals surface area contributed by atoms with E-state index in [0.29, 0.717) is 0 Å². The summed E-state index contributed by atoms with van der Waals surface area (Å²) in [7, 11) is 3.74. The number of carbonyl (C=O) groups excluding carboxylic acids is 1. The summed E-state index contributed by atoms with van der Waals surface area (Å²) in [6.45, 7) is 2.26. The van der Waals surface area contributed by atoms with E-state index in [1.807, 2.05) is 50.2 Å². The standard InChI is InChI=1S/C15H21F3N2O/c1-11-5-4-6-12(9-11)13(20(2)3)10-19-14(21)7-8-15(16,17)18/h4-6,9,13H,7-8,10H2,1-3H3,(H,19,21). The molecule has 0 heterocycles. The van der Waals surface area contributed by atoms with Crippen molar-refractivity contribution >= 4 is 5.91 Å². The summed E-state index contributed by atoms with van der Waals surface area (Å²) in [6.07, 6.45) is -5.91. The van der Waals surface area contributed by atoms with Crippen LogP contribution in [0, 0.1) is 6.92 Å². The third kappa shape index (κ3) is 6.62. The van der Waals surface area contributed by atoms with Gasteiger partial charge < -0.3 is 10.2 Å². The predicted octanol–water partition coefficient (Wildman–Crippen LogP) is 3.06. The molecule has 0 aromatic heterocycles. The molecule has 0 aliphatic carbocycles. The molecule has 0 spiro atoms. The molecule has 118 valence electrons. The summed E-state index contributed by atoms with van der Waals surface area (Å²) in [5.74, 6) is -0.577. The van der Waals surface area contributed by atoms with Crippen molar-refractivity contribution in [3.8, 4) is 0 Å². The van der Waals surface area contributed by atoms with E-state index in [-0.39, 0.29) is 12.6 Å². The molecule has 1 atom stereocenters. The van der Waals surface area contributed by atoms with Gasteiger partial charge in [-0.05, 0) is 26.6 Å². The van der Waals surface area contributed by atoms with Gasteiger partial charge in [0.15, 0.2) is 0 Å². The van der Waals surface area contributed by atoms with Gasteiger partial charge >= 0.3 is 6.18 Å². The van der Waals surface area contributed by atoms with Crippen molar-refractivity contribution in [1.29, 1.82) is 0 Å². The average molecular weight is 302 g/mol. The topological polar surface area (TPSA) is 32.3 Å². The normalized spacial score (nSPS) is 13.3. The Morgan fingerprint density at radius 3 is 2.52 bits per heavy atom. The number of carbonyl (C=O) groups is 1. The van der Waals surface area contributed by atoms with Gasteiger partial charge in [-0.2, -0.15) is 13.2 Å². The zero-order valence-corrected chi connectivity index (χ0v) is 12.5. The summed E-state index contributed by atoms with van der Waals surface area (Å²) in [4.78, 5) is 13.4. The second-order valence-corrected chi connectivity index (χ2v) is 5.31. The highest BCUT2D eigenvalue weighted by molar-refractivity contribution is 5.75. The molecule has 0 aliphatic heterocycles. The molecule has 0 saturated carbocycles. The molecule has 3 nitrogen and oxygen atoms in total. The maximum atomic E-state index is 12.1. The summed E-state index contributed by atoms with van der Waals surface area (Å²) < 4.78 is 36.2. The minimum absolute atomic E-state index is 0.0697. The average Bonchev–Trinajstić information content (AvgIpc) is 2.35. The van der Waals surface area contributed by atoms with Crippen LogP contribution in [0.1, 0.15) is 30.0 Å².